The Balaban J connectivity index is 1.78. The van der Waals surface area contributed by atoms with Crippen molar-refractivity contribution in [3.05, 3.63) is 53.3 Å². The van der Waals surface area contributed by atoms with E-state index in [4.69, 9.17) is 9.84 Å². The molecule has 1 aliphatic rings. The predicted molar refractivity (Wildman–Crippen MR) is 90.3 cm³/mol. The van der Waals surface area contributed by atoms with Gasteiger partial charge in [0.15, 0.2) is 5.69 Å². The van der Waals surface area contributed by atoms with Gasteiger partial charge in [-0.15, -0.1) is 0 Å². The van der Waals surface area contributed by atoms with Crippen molar-refractivity contribution in [3.8, 4) is 0 Å². The minimum atomic E-state index is -1.13. The van der Waals surface area contributed by atoms with Crippen LogP contribution in [0, 0.1) is 5.92 Å². The third-order valence-electron chi connectivity index (χ3n) is 4.35. The van der Waals surface area contributed by atoms with E-state index in [0.717, 1.165) is 18.4 Å². The second-order valence-electron chi connectivity index (χ2n) is 6.20. The quantitative estimate of drug-likeness (QED) is 0.838. The van der Waals surface area contributed by atoms with Crippen molar-refractivity contribution in [2.24, 2.45) is 5.92 Å². The Labute approximate surface area is 145 Å². The van der Waals surface area contributed by atoms with Crippen LogP contribution in [0.3, 0.4) is 0 Å². The van der Waals surface area contributed by atoms with E-state index in [1.54, 1.807) is 4.90 Å². The first kappa shape index (κ1) is 17.2. The van der Waals surface area contributed by atoms with Gasteiger partial charge < -0.3 is 14.7 Å². The van der Waals surface area contributed by atoms with Crippen molar-refractivity contribution in [2.75, 3.05) is 19.8 Å². The highest BCUT2D eigenvalue weighted by molar-refractivity contribution is 5.95. The van der Waals surface area contributed by atoms with E-state index in [2.05, 4.69) is 10.2 Å². The smallest absolute Gasteiger partial charge is 0.353 e. The Morgan fingerprint density at radius 1 is 1.24 bits per heavy atom. The highest BCUT2D eigenvalue weighted by Crippen LogP contribution is 2.19. The number of H-pyrrole nitrogens is 1. The van der Waals surface area contributed by atoms with Crippen molar-refractivity contribution in [3.63, 3.8) is 0 Å². The molecule has 2 heterocycles. The minimum absolute atomic E-state index is 0.0888. The van der Waals surface area contributed by atoms with Crippen LogP contribution in [0.5, 0.6) is 0 Å². The molecular weight excluding hydrogens is 322 g/mol. The summed E-state index contributed by atoms with van der Waals surface area (Å²) in [5, 5.41) is 15.3. The summed E-state index contributed by atoms with van der Waals surface area (Å²) in [7, 11) is 0. The van der Waals surface area contributed by atoms with Crippen molar-refractivity contribution in [2.45, 2.75) is 19.4 Å². The van der Waals surface area contributed by atoms with Crippen LogP contribution < -0.4 is 0 Å². The Morgan fingerprint density at radius 2 is 1.96 bits per heavy atom. The number of nitrogens with zero attached hydrogens (tertiary/aromatic N) is 2. The molecule has 1 aliphatic heterocycles. The summed E-state index contributed by atoms with van der Waals surface area (Å²) in [6.07, 6.45) is 1.83. The lowest BCUT2D eigenvalue weighted by Crippen LogP contribution is -2.37. The fourth-order valence-corrected chi connectivity index (χ4v) is 2.97. The number of hydrogen-bond acceptors (Lipinski definition) is 4. The first-order valence-electron chi connectivity index (χ1n) is 8.33. The fraction of sp³-hybridized carbons (Fsp3) is 0.389. The second-order valence-corrected chi connectivity index (χ2v) is 6.20. The van der Waals surface area contributed by atoms with Gasteiger partial charge in [-0.3, -0.25) is 9.89 Å². The van der Waals surface area contributed by atoms with E-state index < -0.39 is 5.97 Å². The second kappa shape index (κ2) is 7.94. The Bertz CT molecular complexity index is 723. The zero-order valence-corrected chi connectivity index (χ0v) is 13.9. The summed E-state index contributed by atoms with van der Waals surface area (Å²) in [6, 6.07) is 11.0. The number of rotatable bonds is 6. The molecular formula is C18H21N3O4. The Kier molecular flexibility index (Phi) is 5.45. The Hall–Kier alpha value is -2.67. The van der Waals surface area contributed by atoms with E-state index in [1.807, 2.05) is 30.3 Å². The molecule has 1 aromatic carbocycles. The number of nitrogens with one attached hydrogen (secondary N) is 1. The largest absolute Gasteiger partial charge is 0.477 e. The molecule has 2 N–H and O–H groups in total. The van der Waals surface area contributed by atoms with Gasteiger partial charge in [0.25, 0.3) is 5.91 Å². The van der Waals surface area contributed by atoms with Gasteiger partial charge in [-0.1, -0.05) is 30.3 Å². The summed E-state index contributed by atoms with van der Waals surface area (Å²) >= 11 is 0. The molecule has 0 saturated carbocycles. The SMILES string of the molecule is O=C(O)c1cc(C(=O)N(Cc2ccccc2)CC2CCOCC2)n[nH]1. The third-order valence-corrected chi connectivity index (χ3v) is 4.35. The molecule has 0 aliphatic carbocycles. The summed E-state index contributed by atoms with van der Waals surface area (Å²) in [6.45, 7) is 2.49. The van der Waals surface area contributed by atoms with Crippen LogP contribution in [0.1, 0.15) is 39.4 Å². The molecule has 25 heavy (non-hydrogen) atoms. The van der Waals surface area contributed by atoms with Crippen LogP contribution in [0.2, 0.25) is 0 Å². The van der Waals surface area contributed by atoms with Crippen LogP contribution >= 0.6 is 0 Å². The number of carboxylic acids is 1. The topological polar surface area (TPSA) is 95.5 Å². The van der Waals surface area contributed by atoms with Crippen LogP contribution in [0.15, 0.2) is 36.4 Å². The van der Waals surface area contributed by atoms with Crippen LogP contribution in [0.25, 0.3) is 0 Å². The van der Waals surface area contributed by atoms with Gasteiger partial charge in [-0.05, 0) is 24.3 Å². The van der Waals surface area contributed by atoms with Gasteiger partial charge in [0.1, 0.15) is 5.69 Å². The molecule has 132 valence electrons. The number of aromatic amines is 1. The number of hydrogen-bond donors (Lipinski definition) is 2. The summed E-state index contributed by atoms with van der Waals surface area (Å²) in [4.78, 5) is 25.6. The molecule has 7 nitrogen and oxygen atoms in total. The van der Waals surface area contributed by atoms with E-state index in [1.165, 1.54) is 6.07 Å². The van der Waals surface area contributed by atoms with E-state index >= 15 is 0 Å². The van der Waals surface area contributed by atoms with Gasteiger partial charge >= 0.3 is 5.97 Å². The average Bonchev–Trinajstić information content (AvgIpc) is 3.13. The lowest BCUT2D eigenvalue weighted by atomic mass is 9.99. The molecule has 0 radical (unpaired) electrons. The standard InChI is InChI=1S/C18H21N3O4/c22-17(15-10-16(18(23)24)20-19-15)21(11-13-4-2-1-3-5-13)12-14-6-8-25-9-7-14/h1-5,10,14H,6-9,11-12H2,(H,19,20)(H,23,24). The first-order chi connectivity index (χ1) is 12.1. The normalized spacial score (nSPS) is 15.0. The van der Waals surface area contributed by atoms with Crippen molar-refractivity contribution >= 4 is 11.9 Å². The minimum Gasteiger partial charge on any atom is -0.477 e. The summed E-state index contributed by atoms with van der Waals surface area (Å²) in [5.41, 5.74) is 1.06. The molecule has 2 aromatic rings. The van der Waals surface area contributed by atoms with Gasteiger partial charge in [-0.2, -0.15) is 5.10 Å². The molecule has 1 saturated heterocycles. The van der Waals surface area contributed by atoms with Crippen molar-refractivity contribution in [1.82, 2.24) is 15.1 Å². The number of aromatic nitrogens is 2. The molecule has 0 spiro atoms. The highest BCUT2D eigenvalue weighted by Gasteiger charge is 2.24. The maximum Gasteiger partial charge on any atom is 0.353 e. The highest BCUT2D eigenvalue weighted by atomic mass is 16.5. The Morgan fingerprint density at radius 3 is 2.60 bits per heavy atom. The molecule has 7 heteroatoms. The lowest BCUT2D eigenvalue weighted by molar-refractivity contribution is 0.0443. The van der Waals surface area contributed by atoms with Crippen LogP contribution in [-0.2, 0) is 11.3 Å². The molecule has 1 aromatic heterocycles. The van der Waals surface area contributed by atoms with Crippen molar-refractivity contribution in [1.29, 1.82) is 0 Å². The number of carboxylic acid groups (broad SMARTS) is 1. The number of amides is 1. The first-order valence-corrected chi connectivity index (χ1v) is 8.33. The van der Waals surface area contributed by atoms with Gasteiger partial charge in [0, 0.05) is 32.4 Å². The van der Waals surface area contributed by atoms with Gasteiger partial charge in [-0.25, -0.2) is 4.79 Å². The monoisotopic (exact) mass is 343 g/mol. The van der Waals surface area contributed by atoms with Crippen molar-refractivity contribution < 1.29 is 19.4 Å². The average molecular weight is 343 g/mol. The van der Waals surface area contributed by atoms with E-state index in [0.29, 0.717) is 32.2 Å². The molecule has 1 amide bonds. The van der Waals surface area contributed by atoms with Gasteiger partial charge in [0.05, 0.1) is 0 Å². The maximum atomic E-state index is 12.9. The van der Waals surface area contributed by atoms with E-state index in [9.17, 15) is 9.59 Å². The molecule has 0 bridgehead atoms. The molecule has 3 rings (SSSR count). The van der Waals surface area contributed by atoms with Crippen LogP contribution in [-0.4, -0.2) is 51.8 Å². The lowest BCUT2D eigenvalue weighted by Gasteiger charge is -2.29. The van der Waals surface area contributed by atoms with E-state index in [-0.39, 0.29) is 17.3 Å². The zero-order chi connectivity index (χ0) is 17.6. The third kappa shape index (κ3) is 4.45. The van der Waals surface area contributed by atoms with Crippen LogP contribution in [0.4, 0.5) is 0 Å². The summed E-state index contributed by atoms with van der Waals surface area (Å²) in [5.74, 6) is -1.02. The van der Waals surface area contributed by atoms with Gasteiger partial charge in [0.2, 0.25) is 0 Å². The number of carbonyl (C=O) groups is 2. The number of aromatic carboxylic acids is 1. The summed E-state index contributed by atoms with van der Waals surface area (Å²) < 4.78 is 5.39. The maximum absolute atomic E-state index is 12.9. The number of benzene rings is 1. The number of ether oxygens (including phenoxy) is 1. The molecule has 0 unspecified atom stereocenters. The fourth-order valence-electron chi connectivity index (χ4n) is 2.97. The zero-order valence-electron chi connectivity index (χ0n) is 13.9. The molecule has 1 fully saturated rings. The molecule has 0 atom stereocenters. The predicted octanol–water partition coefficient (Wildman–Crippen LogP) is 2.18. The number of carbonyl (C=O) groups excluding carboxylic acids is 1.